The Morgan fingerprint density at radius 3 is 2.17 bits per heavy atom. The molecule has 3 rings (SSSR count). The van der Waals surface area contributed by atoms with Crippen molar-refractivity contribution in [2.45, 2.75) is 18.9 Å². The summed E-state index contributed by atoms with van der Waals surface area (Å²) in [4.78, 5) is 25.0. The molecule has 0 bridgehead atoms. The number of Topliss-reactive ketones (excluding diaryl/α,β-unsaturated/α-hetero) is 1. The third-order valence-electron chi connectivity index (χ3n) is 4.42. The number of para-hydroxylation sites is 1. The minimum absolute atomic E-state index is 0.0797. The Kier molecular flexibility index (Phi) is 4.53. The average Bonchev–Trinajstić information content (AvgIpc) is 2.98. The summed E-state index contributed by atoms with van der Waals surface area (Å²) in [6.45, 7) is 0. The first-order chi connectivity index (χ1) is 11.1. The molecule has 2 aromatic rings. The van der Waals surface area contributed by atoms with Gasteiger partial charge in [0.1, 0.15) is 0 Å². The largest absolute Gasteiger partial charge is 0.327 e. The van der Waals surface area contributed by atoms with Crippen molar-refractivity contribution in [3.05, 3.63) is 66.2 Å². The first kappa shape index (κ1) is 15.4. The van der Waals surface area contributed by atoms with Crippen LogP contribution in [0.4, 0.5) is 5.69 Å². The Balaban J connectivity index is 1.66. The zero-order valence-electron chi connectivity index (χ0n) is 12.8. The molecule has 0 aromatic heterocycles. The molecule has 1 fully saturated rings. The molecule has 1 aliphatic rings. The number of nitrogens with two attached hydrogens (primary N) is 1. The van der Waals surface area contributed by atoms with Gasteiger partial charge in [0.15, 0.2) is 5.78 Å². The number of anilines is 1. The number of carbonyl (C=O) groups excluding carboxylic acids is 2. The van der Waals surface area contributed by atoms with E-state index in [9.17, 15) is 9.59 Å². The molecule has 0 radical (unpaired) electrons. The van der Waals surface area contributed by atoms with Gasteiger partial charge in [-0.05, 0) is 25.0 Å². The van der Waals surface area contributed by atoms with Crippen LogP contribution in [-0.4, -0.2) is 17.7 Å². The first-order valence-electron chi connectivity index (χ1n) is 7.86. The molecule has 3 atom stereocenters. The number of rotatable bonds is 4. The minimum Gasteiger partial charge on any atom is -0.327 e. The number of nitrogens with one attached hydrogen (secondary N) is 1. The Labute approximate surface area is 135 Å². The third kappa shape index (κ3) is 3.48. The van der Waals surface area contributed by atoms with Crippen LogP contribution in [0.1, 0.15) is 23.2 Å². The van der Waals surface area contributed by atoms with E-state index in [-0.39, 0.29) is 29.6 Å². The van der Waals surface area contributed by atoms with Crippen molar-refractivity contribution in [3.8, 4) is 0 Å². The van der Waals surface area contributed by atoms with Crippen LogP contribution < -0.4 is 11.1 Å². The van der Waals surface area contributed by atoms with Crippen LogP contribution in [0.2, 0.25) is 0 Å². The molecular formula is C19H20N2O2. The van der Waals surface area contributed by atoms with E-state index in [2.05, 4.69) is 5.32 Å². The van der Waals surface area contributed by atoms with Crippen LogP contribution in [-0.2, 0) is 4.79 Å². The summed E-state index contributed by atoms with van der Waals surface area (Å²) in [7, 11) is 0. The Morgan fingerprint density at radius 2 is 1.52 bits per heavy atom. The average molecular weight is 308 g/mol. The molecule has 0 saturated heterocycles. The number of hydrogen-bond acceptors (Lipinski definition) is 3. The van der Waals surface area contributed by atoms with E-state index in [0.29, 0.717) is 18.4 Å². The molecule has 4 nitrogen and oxygen atoms in total. The maximum atomic E-state index is 12.5. The molecule has 0 aliphatic heterocycles. The van der Waals surface area contributed by atoms with Crippen LogP contribution in [0, 0.1) is 11.8 Å². The van der Waals surface area contributed by atoms with Gasteiger partial charge in [0.25, 0.3) is 0 Å². The topological polar surface area (TPSA) is 72.2 Å². The summed E-state index contributed by atoms with van der Waals surface area (Å²) in [5, 5.41) is 2.88. The van der Waals surface area contributed by atoms with E-state index in [0.717, 1.165) is 5.69 Å². The lowest BCUT2D eigenvalue weighted by molar-refractivity contribution is -0.120. The standard InChI is InChI=1S/C19H20N2O2/c20-17-12-14(18(22)13-7-3-1-4-8-13)11-16(17)19(23)21-15-9-5-2-6-10-15/h1-10,14,16-17H,11-12,20H2,(H,21,23). The highest BCUT2D eigenvalue weighted by Gasteiger charge is 2.39. The number of hydrogen-bond donors (Lipinski definition) is 2. The Morgan fingerprint density at radius 1 is 0.913 bits per heavy atom. The monoisotopic (exact) mass is 308 g/mol. The molecule has 1 aliphatic carbocycles. The summed E-state index contributed by atoms with van der Waals surface area (Å²) < 4.78 is 0. The van der Waals surface area contributed by atoms with Crippen LogP contribution in [0.5, 0.6) is 0 Å². The van der Waals surface area contributed by atoms with Gasteiger partial charge in [-0.1, -0.05) is 48.5 Å². The molecule has 1 saturated carbocycles. The van der Waals surface area contributed by atoms with Crippen molar-refractivity contribution in [1.29, 1.82) is 0 Å². The van der Waals surface area contributed by atoms with Gasteiger partial charge in [-0.25, -0.2) is 0 Å². The fraction of sp³-hybridized carbons (Fsp3) is 0.263. The van der Waals surface area contributed by atoms with Gasteiger partial charge >= 0.3 is 0 Å². The van der Waals surface area contributed by atoms with E-state index in [1.807, 2.05) is 60.7 Å². The summed E-state index contributed by atoms with van der Waals surface area (Å²) in [5.74, 6) is -0.532. The van der Waals surface area contributed by atoms with Gasteiger partial charge in [-0.3, -0.25) is 9.59 Å². The van der Waals surface area contributed by atoms with Crippen LogP contribution in [0.15, 0.2) is 60.7 Å². The number of carbonyl (C=O) groups is 2. The smallest absolute Gasteiger partial charge is 0.229 e. The lowest BCUT2D eigenvalue weighted by atomic mass is 9.95. The van der Waals surface area contributed by atoms with E-state index < -0.39 is 0 Å². The lowest BCUT2D eigenvalue weighted by Crippen LogP contribution is -2.34. The Hall–Kier alpha value is -2.46. The number of benzene rings is 2. The zero-order valence-corrected chi connectivity index (χ0v) is 12.8. The number of amides is 1. The van der Waals surface area contributed by atoms with Gasteiger partial charge in [0.05, 0.1) is 5.92 Å². The second kappa shape index (κ2) is 6.75. The first-order valence-corrected chi connectivity index (χ1v) is 7.86. The van der Waals surface area contributed by atoms with Crippen LogP contribution in [0.3, 0.4) is 0 Å². The maximum absolute atomic E-state index is 12.5. The van der Waals surface area contributed by atoms with Crippen molar-refractivity contribution in [1.82, 2.24) is 0 Å². The molecule has 4 heteroatoms. The van der Waals surface area contributed by atoms with E-state index in [4.69, 9.17) is 5.73 Å². The van der Waals surface area contributed by atoms with Crippen molar-refractivity contribution >= 4 is 17.4 Å². The van der Waals surface area contributed by atoms with E-state index in [1.165, 1.54) is 0 Å². The summed E-state index contributed by atoms with van der Waals surface area (Å²) in [5.41, 5.74) is 7.57. The fourth-order valence-corrected chi connectivity index (χ4v) is 3.18. The Bertz CT molecular complexity index is 685. The maximum Gasteiger partial charge on any atom is 0.229 e. The molecule has 23 heavy (non-hydrogen) atoms. The third-order valence-corrected chi connectivity index (χ3v) is 4.42. The molecular weight excluding hydrogens is 288 g/mol. The quantitative estimate of drug-likeness (QED) is 0.853. The van der Waals surface area contributed by atoms with Gasteiger partial charge in [0.2, 0.25) is 5.91 Å². The molecule has 3 N–H and O–H groups in total. The normalized spacial score (nSPS) is 23.4. The number of ketones is 1. The minimum atomic E-state index is -0.326. The predicted molar refractivity (Wildman–Crippen MR) is 90.0 cm³/mol. The highest BCUT2D eigenvalue weighted by atomic mass is 16.2. The van der Waals surface area contributed by atoms with Gasteiger partial charge < -0.3 is 11.1 Å². The van der Waals surface area contributed by atoms with Crippen molar-refractivity contribution in [3.63, 3.8) is 0 Å². The van der Waals surface area contributed by atoms with E-state index in [1.54, 1.807) is 0 Å². The van der Waals surface area contributed by atoms with Gasteiger partial charge in [-0.15, -0.1) is 0 Å². The van der Waals surface area contributed by atoms with Crippen LogP contribution in [0.25, 0.3) is 0 Å². The second-order valence-corrected chi connectivity index (χ2v) is 6.02. The molecule has 3 unspecified atom stereocenters. The fourth-order valence-electron chi connectivity index (χ4n) is 3.18. The van der Waals surface area contributed by atoms with Crippen molar-refractivity contribution in [2.75, 3.05) is 5.32 Å². The van der Waals surface area contributed by atoms with Crippen LogP contribution >= 0.6 is 0 Å². The summed E-state index contributed by atoms with van der Waals surface area (Å²) >= 11 is 0. The lowest BCUT2D eigenvalue weighted by Gasteiger charge is -2.14. The van der Waals surface area contributed by atoms with Gasteiger partial charge in [-0.2, -0.15) is 0 Å². The molecule has 0 heterocycles. The second-order valence-electron chi connectivity index (χ2n) is 6.02. The highest BCUT2D eigenvalue weighted by Crippen LogP contribution is 2.33. The summed E-state index contributed by atoms with van der Waals surface area (Å²) in [6, 6.07) is 18.2. The van der Waals surface area contributed by atoms with Gasteiger partial charge in [0, 0.05) is 23.2 Å². The summed E-state index contributed by atoms with van der Waals surface area (Å²) in [6.07, 6.45) is 1.06. The molecule has 1 amide bonds. The van der Waals surface area contributed by atoms with E-state index >= 15 is 0 Å². The zero-order chi connectivity index (χ0) is 16.2. The SMILES string of the molecule is NC1CC(C(=O)c2ccccc2)CC1C(=O)Nc1ccccc1. The highest BCUT2D eigenvalue weighted by molar-refractivity contribution is 5.99. The molecule has 118 valence electrons. The predicted octanol–water partition coefficient (Wildman–Crippen LogP) is 2.86. The molecule has 0 spiro atoms. The molecule has 2 aromatic carbocycles. The van der Waals surface area contributed by atoms with Crippen molar-refractivity contribution in [2.24, 2.45) is 17.6 Å². The van der Waals surface area contributed by atoms with Crippen molar-refractivity contribution < 1.29 is 9.59 Å².